The van der Waals surface area contributed by atoms with E-state index in [0.717, 1.165) is 85.8 Å². The van der Waals surface area contributed by atoms with Crippen molar-refractivity contribution in [1.29, 1.82) is 10.5 Å². The van der Waals surface area contributed by atoms with E-state index < -0.39 is 17.4 Å². The number of hydrogen-bond acceptors (Lipinski definition) is 12. The molecule has 2 fully saturated rings. The van der Waals surface area contributed by atoms with Gasteiger partial charge in [0.2, 0.25) is 0 Å². The number of piperidine rings is 1. The first kappa shape index (κ1) is 29.4. The topological polar surface area (TPSA) is 170 Å². The minimum atomic E-state index is -0.665. The number of aryl methyl sites for hydroxylation is 1. The van der Waals surface area contributed by atoms with Gasteiger partial charge < -0.3 is 25.2 Å². The van der Waals surface area contributed by atoms with Crippen LogP contribution >= 0.6 is 11.3 Å². The van der Waals surface area contributed by atoms with Gasteiger partial charge in [-0.15, -0.1) is 11.3 Å². The Bertz CT molecular complexity index is 1910. The Balaban J connectivity index is 1.29. The van der Waals surface area contributed by atoms with Crippen molar-refractivity contribution >= 4 is 33.2 Å². The van der Waals surface area contributed by atoms with Crippen molar-refractivity contribution in [1.82, 2.24) is 29.8 Å². The Morgan fingerprint density at radius 2 is 1.98 bits per heavy atom. The number of hydrogen-bond donors (Lipinski definition) is 2. The summed E-state index contributed by atoms with van der Waals surface area (Å²) in [7, 11) is 2.17. The highest BCUT2D eigenvalue weighted by atomic mass is 32.1. The zero-order valence-electron chi connectivity index (χ0n) is 26.2. The fraction of sp³-hybridized carbons (Fsp3) is 0.576. The highest BCUT2D eigenvalue weighted by molar-refractivity contribution is 7.16. The molecular formula is C33H38N10O2S. The summed E-state index contributed by atoms with van der Waals surface area (Å²) in [6.07, 6.45) is 9.26. The van der Waals surface area contributed by atoms with Gasteiger partial charge in [0.25, 0.3) is 0 Å². The van der Waals surface area contributed by atoms with E-state index >= 15 is 0 Å². The molecule has 12 nitrogen and oxygen atoms in total. The van der Waals surface area contributed by atoms with Gasteiger partial charge in [-0.25, -0.2) is 14.6 Å². The van der Waals surface area contributed by atoms with E-state index in [-0.39, 0.29) is 6.04 Å². The van der Waals surface area contributed by atoms with Crippen molar-refractivity contribution in [2.45, 2.75) is 88.3 Å². The number of thiophene rings is 1. The summed E-state index contributed by atoms with van der Waals surface area (Å²) in [6.45, 7) is 4.19. The predicted octanol–water partition coefficient (Wildman–Crippen LogP) is 4.32. The summed E-state index contributed by atoms with van der Waals surface area (Å²) in [4.78, 5) is 16.0. The largest absolute Gasteiger partial charge is 0.392 e. The second kappa shape index (κ2) is 11.0. The van der Waals surface area contributed by atoms with Crippen LogP contribution in [-0.2, 0) is 18.3 Å². The summed E-state index contributed by atoms with van der Waals surface area (Å²) in [6, 6.07) is 5.10. The molecule has 238 valence electrons. The predicted molar refractivity (Wildman–Crippen MR) is 173 cm³/mol. The normalized spacial score (nSPS) is 27.0. The third-order valence-electron chi connectivity index (χ3n) is 11.1. The van der Waals surface area contributed by atoms with Crippen LogP contribution in [0.1, 0.15) is 85.2 Å². The van der Waals surface area contributed by atoms with Crippen molar-refractivity contribution in [2.75, 3.05) is 37.3 Å². The zero-order chi connectivity index (χ0) is 31.7. The lowest BCUT2D eigenvalue weighted by atomic mass is 9.63. The second-order valence-electron chi connectivity index (χ2n) is 13.5. The fourth-order valence-corrected chi connectivity index (χ4v) is 9.90. The molecule has 46 heavy (non-hydrogen) atoms. The lowest BCUT2D eigenvalue weighted by Crippen LogP contribution is -2.43. The van der Waals surface area contributed by atoms with E-state index in [9.17, 15) is 15.6 Å². The standard InChI is InChI=1S/C33H38N10O2S/c1-18(23-7-5-12-41(23)2)43-32-22(16-37-43)31(42-13-9-24(44)19(14-34)17-42)38-30(39-32)27-20-6-3-10-33(28(20)45-40-27)11-4-8-25-26(33)21(15-35)29(36)46-25/h16,18-19,23-24,44H,3-13,17,36H2,1-2H3/t18-,19+,23-,24+,33-/m0/s1. The van der Waals surface area contributed by atoms with Crippen molar-refractivity contribution in [3.05, 3.63) is 33.5 Å². The van der Waals surface area contributed by atoms with E-state index in [2.05, 4.69) is 41.1 Å². The molecule has 4 aliphatic rings. The minimum absolute atomic E-state index is 0.0826. The summed E-state index contributed by atoms with van der Waals surface area (Å²) in [5.74, 6) is 1.47. The molecule has 6 heterocycles. The molecule has 0 unspecified atom stereocenters. The number of anilines is 2. The van der Waals surface area contributed by atoms with Gasteiger partial charge in [0.05, 0.1) is 46.7 Å². The van der Waals surface area contributed by atoms with E-state index in [1.807, 2.05) is 10.9 Å². The van der Waals surface area contributed by atoms with Gasteiger partial charge in [0.15, 0.2) is 22.9 Å². The van der Waals surface area contributed by atoms with Crippen LogP contribution in [0.2, 0.25) is 0 Å². The van der Waals surface area contributed by atoms with Crippen molar-refractivity contribution in [2.24, 2.45) is 5.92 Å². The summed E-state index contributed by atoms with van der Waals surface area (Å²) in [5.41, 5.74) is 9.89. The van der Waals surface area contributed by atoms with Crippen LogP contribution in [0.3, 0.4) is 0 Å². The first-order valence-corrected chi connectivity index (χ1v) is 17.3. The third kappa shape index (κ3) is 4.29. The number of likely N-dealkylation sites (tertiary alicyclic amines) is 1. The molecule has 0 aromatic carbocycles. The smallest absolute Gasteiger partial charge is 0.186 e. The third-order valence-corrected chi connectivity index (χ3v) is 12.1. The Hall–Kier alpha value is -4.04. The molecule has 2 saturated heterocycles. The SMILES string of the molecule is C[C@@H]([C@@H]1CCCN1C)n1ncc2c(N3CC[C@@H](O)[C@H](C#N)C3)nc(-c3noc4c3CCC[C@@]43CCCc4sc(N)c(C#N)c43)nc21. The van der Waals surface area contributed by atoms with Crippen molar-refractivity contribution in [3.8, 4) is 23.7 Å². The number of likely N-dealkylation sites (N-methyl/N-ethyl adjacent to an activating group) is 1. The highest BCUT2D eigenvalue weighted by Crippen LogP contribution is 2.55. The number of aliphatic hydroxyl groups is 1. The monoisotopic (exact) mass is 638 g/mol. The maximum atomic E-state index is 10.5. The molecule has 3 N–H and O–H groups in total. The average molecular weight is 639 g/mol. The second-order valence-corrected chi connectivity index (χ2v) is 14.7. The van der Waals surface area contributed by atoms with E-state index in [1.54, 1.807) is 0 Å². The number of rotatable bonds is 4. The molecular weight excluding hydrogens is 600 g/mol. The Labute approximate surface area is 271 Å². The van der Waals surface area contributed by atoms with Gasteiger partial charge in [-0.3, -0.25) is 0 Å². The minimum Gasteiger partial charge on any atom is -0.392 e. The summed E-state index contributed by atoms with van der Waals surface area (Å²) < 4.78 is 8.33. The van der Waals surface area contributed by atoms with Gasteiger partial charge in [0.1, 0.15) is 16.9 Å². The average Bonchev–Trinajstić information content (AvgIpc) is 3.86. The lowest BCUT2D eigenvalue weighted by molar-refractivity contribution is 0.113. The Morgan fingerprint density at radius 1 is 1.15 bits per heavy atom. The van der Waals surface area contributed by atoms with Gasteiger partial charge in [-0.1, -0.05) is 5.16 Å². The van der Waals surface area contributed by atoms with Crippen LogP contribution in [0.4, 0.5) is 10.8 Å². The fourth-order valence-electron chi connectivity index (χ4n) is 8.74. The number of fused-ring (bicyclic) bond motifs is 5. The van der Waals surface area contributed by atoms with E-state index in [1.165, 1.54) is 16.2 Å². The Morgan fingerprint density at radius 3 is 2.74 bits per heavy atom. The van der Waals surface area contributed by atoms with Gasteiger partial charge in [-0.2, -0.15) is 15.6 Å². The molecule has 0 amide bonds. The molecule has 1 spiro atoms. The lowest BCUT2D eigenvalue weighted by Gasteiger charge is -2.39. The summed E-state index contributed by atoms with van der Waals surface area (Å²) >= 11 is 1.53. The molecule has 4 aromatic heterocycles. The van der Waals surface area contributed by atoms with Crippen LogP contribution in [-0.4, -0.2) is 73.7 Å². The zero-order valence-corrected chi connectivity index (χ0v) is 27.1. The molecule has 5 atom stereocenters. The van der Waals surface area contributed by atoms with Crippen molar-refractivity contribution < 1.29 is 9.63 Å². The van der Waals surface area contributed by atoms with Crippen LogP contribution in [0.15, 0.2) is 10.7 Å². The van der Waals surface area contributed by atoms with Crippen LogP contribution < -0.4 is 10.6 Å². The van der Waals surface area contributed by atoms with Crippen molar-refractivity contribution in [3.63, 3.8) is 0 Å². The van der Waals surface area contributed by atoms with Gasteiger partial charge in [-0.05, 0) is 83.9 Å². The maximum Gasteiger partial charge on any atom is 0.186 e. The maximum absolute atomic E-state index is 10.5. The number of nitrogens with zero attached hydrogens (tertiary/aromatic N) is 9. The number of nitriles is 2. The number of aromatic nitrogens is 5. The molecule has 2 aliphatic carbocycles. The Kier molecular flexibility index (Phi) is 7.05. The van der Waals surface area contributed by atoms with Crippen LogP contribution in [0.5, 0.6) is 0 Å². The molecule has 2 aliphatic heterocycles. The molecule has 4 aromatic rings. The number of nitrogen functional groups attached to an aromatic ring is 1. The van der Waals surface area contributed by atoms with Crippen LogP contribution in [0, 0.1) is 28.6 Å². The van der Waals surface area contributed by atoms with Crippen LogP contribution in [0.25, 0.3) is 22.6 Å². The highest BCUT2D eigenvalue weighted by Gasteiger charge is 2.49. The van der Waals surface area contributed by atoms with E-state index in [0.29, 0.717) is 53.5 Å². The molecule has 0 radical (unpaired) electrons. The van der Waals surface area contributed by atoms with E-state index in [4.69, 9.17) is 25.3 Å². The molecule has 0 saturated carbocycles. The van der Waals surface area contributed by atoms with Gasteiger partial charge >= 0.3 is 0 Å². The number of aliphatic hydroxyl groups excluding tert-OH is 1. The number of nitrogens with two attached hydrogens (primary N) is 1. The quantitative estimate of drug-likeness (QED) is 0.326. The first-order chi connectivity index (χ1) is 22.3. The summed E-state index contributed by atoms with van der Waals surface area (Å²) in [5, 5.41) is 41.3. The molecule has 13 heteroatoms. The first-order valence-electron chi connectivity index (χ1n) is 16.4. The molecule has 8 rings (SSSR count). The molecule has 0 bridgehead atoms. The van der Waals surface area contributed by atoms with Gasteiger partial charge in [0, 0.05) is 29.6 Å².